The molecule has 0 amide bonds. The standard InChI is InChI=1S/C26H33ClN4/c1-20(2)16-23(29-25-10-11-28-26-17-22(27)8-9-24(25)26)19-31-14-12-30(13-15-31)18-21-6-4-3-5-7-21/h3-11,17,20,23H,12-16,18-19H2,1-2H3,(H,28,29). The Hall–Kier alpha value is -2.14. The highest BCUT2D eigenvalue weighted by atomic mass is 35.5. The maximum absolute atomic E-state index is 6.17. The van der Waals surface area contributed by atoms with E-state index in [1.807, 2.05) is 18.3 Å². The minimum absolute atomic E-state index is 0.405. The first-order chi connectivity index (χ1) is 15.1. The van der Waals surface area contributed by atoms with Crippen LogP contribution in [-0.2, 0) is 6.54 Å². The number of hydrogen-bond acceptors (Lipinski definition) is 4. The van der Waals surface area contributed by atoms with Crippen molar-refractivity contribution in [2.45, 2.75) is 32.9 Å². The number of hydrogen-bond donors (Lipinski definition) is 1. The first kappa shape index (κ1) is 22.1. The van der Waals surface area contributed by atoms with Crippen LogP contribution in [0.4, 0.5) is 5.69 Å². The van der Waals surface area contributed by atoms with E-state index < -0.39 is 0 Å². The van der Waals surface area contributed by atoms with E-state index in [0.717, 1.165) is 67.3 Å². The predicted molar refractivity (Wildman–Crippen MR) is 132 cm³/mol. The van der Waals surface area contributed by atoms with Crippen LogP contribution in [0.2, 0.25) is 5.02 Å². The first-order valence-electron chi connectivity index (χ1n) is 11.4. The summed E-state index contributed by atoms with van der Waals surface area (Å²) in [6.07, 6.45) is 3.01. The molecule has 1 N–H and O–H groups in total. The number of benzene rings is 2. The largest absolute Gasteiger partial charge is 0.380 e. The van der Waals surface area contributed by atoms with Gasteiger partial charge in [0.1, 0.15) is 0 Å². The van der Waals surface area contributed by atoms with Gasteiger partial charge >= 0.3 is 0 Å². The summed E-state index contributed by atoms with van der Waals surface area (Å²) >= 11 is 6.17. The van der Waals surface area contributed by atoms with E-state index in [4.69, 9.17) is 11.6 Å². The van der Waals surface area contributed by atoms with Crippen molar-refractivity contribution in [3.63, 3.8) is 0 Å². The van der Waals surface area contributed by atoms with Crippen LogP contribution < -0.4 is 5.32 Å². The molecule has 2 aromatic carbocycles. The molecule has 5 heteroatoms. The quantitative estimate of drug-likeness (QED) is 0.502. The Kier molecular flexibility index (Phi) is 7.44. The van der Waals surface area contributed by atoms with Gasteiger partial charge < -0.3 is 5.32 Å². The van der Waals surface area contributed by atoms with Gasteiger partial charge in [0.2, 0.25) is 0 Å². The fourth-order valence-electron chi connectivity index (χ4n) is 4.50. The molecule has 4 nitrogen and oxygen atoms in total. The number of nitrogens with one attached hydrogen (secondary N) is 1. The zero-order chi connectivity index (χ0) is 21.6. The van der Waals surface area contributed by atoms with Gasteiger partial charge in [-0.2, -0.15) is 0 Å². The molecule has 4 rings (SSSR count). The maximum Gasteiger partial charge on any atom is 0.0737 e. The maximum atomic E-state index is 6.17. The topological polar surface area (TPSA) is 31.4 Å². The van der Waals surface area contributed by atoms with Crippen molar-refractivity contribution in [1.82, 2.24) is 14.8 Å². The molecule has 0 bridgehead atoms. The van der Waals surface area contributed by atoms with Gasteiger partial charge in [-0.05, 0) is 42.2 Å². The number of nitrogens with zero attached hydrogens (tertiary/aromatic N) is 3. The highest BCUT2D eigenvalue weighted by molar-refractivity contribution is 6.31. The third-order valence-corrected chi connectivity index (χ3v) is 6.25. The molecular weight excluding hydrogens is 404 g/mol. The van der Waals surface area contributed by atoms with E-state index in [9.17, 15) is 0 Å². The van der Waals surface area contributed by atoms with Crippen LogP contribution >= 0.6 is 11.6 Å². The first-order valence-corrected chi connectivity index (χ1v) is 11.7. The molecule has 2 heterocycles. The Morgan fingerprint density at radius 3 is 2.45 bits per heavy atom. The number of anilines is 1. The van der Waals surface area contributed by atoms with Crippen molar-refractivity contribution in [3.8, 4) is 0 Å². The smallest absolute Gasteiger partial charge is 0.0737 e. The van der Waals surface area contributed by atoms with Crippen LogP contribution in [0.3, 0.4) is 0 Å². The Labute approximate surface area is 191 Å². The summed E-state index contributed by atoms with van der Waals surface area (Å²) in [7, 11) is 0. The molecular formula is C26H33ClN4. The molecule has 0 aliphatic carbocycles. The number of piperazine rings is 1. The van der Waals surface area contributed by atoms with E-state index in [-0.39, 0.29) is 0 Å². The van der Waals surface area contributed by atoms with Crippen LogP contribution in [0, 0.1) is 5.92 Å². The molecule has 0 saturated carbocycles. The summed E-state index contributed by atoms with van der Waals surface area (Å²) in [5.74, 6) is 0.638. The zero-order valence-electron chi connectivity index (χ0n) is 18.6. The van der Waals surface area contributed by atoms with Gasteiger partial charge in [0.05, 0.1) is 5.52 Å². The van der Waals surface area contributed by atoms with E-state index >= 15 is 0 Å². The SMILES string of the molecule is CC(C)CC(CN1CCN(Cc2ccccc2)CC1)Nc1ccnc2cc(Cl)ccc12. The van der Waals surface area contributed by atoms with Gasteiger partial charge in [0.25, 0.3) is 0 Å². The van der Waals surface area contributed by atoms with Crippen LogP contribution in [0.1, 0.15) is 25.8 Å². The molecule has 1 saturated heterocycles. The summed E-state index contributed by atoms with van der Waals surface area (Å²) in [4.78, 5) is 9.67. The van der Waals surface area contributed by atoms with Crippen molar-refractivity contribution < 1.29 is 0 Å². The fourth-order valence-corrected chi connectivity index (χ4v) is 4.66. The molecule has 1 aromatic heterocycles. The van der Waals surface area contributed by atoms with Gasteiger partial charge in [-0.3, -0.25) is 14.8 Å². The van der Waals surface area contributed by atoms with Crippen molar-refractivity contribution in [3.05, 3.63) is 71.4 Å². The zero-order valence-corrected chi connectivity index (χ0v) is 19.4. The van der Waals surface area contributed by atoms with Gasteiger partial charge in [-0.15, -0.1) is 0 Å². The third-order valence-electron chi connectivity index (χ3n) is 6.01. The van der Waals surface area contributed by atoms with Gasteiger partial charge in [-0.1, -0.05) is 55.8 Å². The van der Waals surface area contributed by atoms with Crippen LogP contribution in [0.15, 0.2) is 60.8 Å². The highest BCUT2D eigenvalue weighted by Crippen LogP contribution is 2.26. The number of pyridine rings is 1. The Morgan fingerprint density at radius 2 is 1.71 bits per heavy atom. The molecule has 0 spiro atoms. The summed E-state index contributed by atoms with van der Waals surface area (Å²) < 4.78 is 0. The average molecular weight is 437 g/mol. The van der Waals surface area contributed by atoms with Crippen molar-refractivity contribution >= 4 is 28.2 Å². The number of halogens is 1. The summed E-state index contributed by atoms with van der Waals surface area (Å²) in [5.41, 5.74) is 3.49. The molecule has 1 aliphatic rings. The Balaban J connectivity index is 1.38. The summed E-state index contributed by atoms with van der Waals surface area (Å²) in [6, 6.07) is 19.2. The molecule has 31 heavy (non-hydrogen) atoms. The van der Waals surface area contributed by atoms with Crippen LogP contribution in [0.25, 0.3) is 10.9 Å². The van der Waals surface area contributed by atoms with E-state index in [1.165, 1.54) is 5.56 Å². The minimum Gasteiger partial charge on any atom is -0.380 e. The second-order valence-electron chi connectivity index (χ2n) is 9.05. The van der Waals surface area contributed by atoms with Gasteiger partial charge in [0, 0.05) is 67.6 Å². The van der Waals surface area contributed by atoms with Crippen molar-refractivity contribution in [2.24, 2.45) is 5.92 Å². The van der Waals surface area contributed by atoms with Crippen molar-refractivity contribution in [2.75, 3.05) is 38.0 Å². The van der Waals surface area contributed by atoms with E-state index in [2.05, 4.69) is 76.4 Å². The molecule has 1 atom stereocenters. The lowest BCUT2D eigenvalue weighted by molar-refractivity contribution is 0.121. The Morgan fingerprint density at radius 1 is 0.968 bits per heavy atom. The number of fused-ring (bicyclic) bond motifs is 1. The Bertz CT molecular complexity index is 968. The average Bonchev–Trinajstić information content (AvgIpc) is 2.75. The lowest BCUT2D eigenvalue weighted by Crippen LogP contribution is -2.49. The van der Waals surface area contributed by atoms with E-state index in [1.54, 1.807) is 0 Å². The van der Waals surface area contributed by atoms with Crippen LogP contribution in [-0.4, -0.2) is 53.5 Å². The molecule has 0 radical (unpaired) electrons. The highest BCUT2D eigenvalue weighted by Gasteiger charge is 2.21. The second kappa shape index (κ2) is 10.4. The van der Waals surface area contributed by atoms with Crippen LogP contribution in [0.5, 0.6) is 0 Å². The lowest BCUT2D eigenvalue weighted by Gasteiger charge is -2.37. The van der Waals surface area contributed by atoms with Gasteiger partial charge in [-0.25, -0.2) is 0 Å². The third kappa shape index (κ3) is 6.19. The van der Waals surface area contributed by atoms with Crippen molar-refractivity contribution in [1.29, 1.82) is 0 Å². The van der Waals surface area contributed by atoms with Gasteiger partial charge in [0.15, 0.2) is 0 Å². The fraction of sp³-hybridized carbons (Fsp3) is 0.423. The number of aromatic nitrogens is 1. The summed E-state index contributed by atoms with van der Waals surface area (Å²) in [6.45, 7) is 11.2. The molecule has 1 aliphatic heterocycles. The van der Waals surface area contributed by atoms with E-state index in [0.29, 0.717) is 12.0 Å². The predicted octanol–water partition coefficient (Wildman–Crippen LogP) is 5.53. The monoisotopic (exact) mass is 436 g/mol. The second-order valence-corrected chi connectivity index (χ2v) is 9.49. The molecule has 164 valence electrons. The minimum atomic E-state index is 0.405. The lowest BCUT2D eigenvalue weighted by atomic mass is 10.0. The normalized spacial score (nSPS) is 16.6. The summed E-state index contributed by atoms with van der Waals surface area (Å²) in [5, 5.41) is 5.69. The molecule has 1 fully saturated rings. The number of rotatable bonds is 8. The molecule has 3 aromatic rings. The molecule has 1 unspecified atom stereocenters.